The van der Waals surface area contributed by atoms with E-state index in [0.29, 0.717) is 5.82 Å². The lowest BCUT2D eigenvalue weighted by atomic mass is 10.7. The first kappa shape index (κ1) is 7.56. The van der Waals surface area contributed by atoms with E-state index in [2.05, 4.69) is 20.4 Å². The zero-order valence-corrected chi connectivity index (χ0v) is 7.52. The van der Waals surface area contributed by atoms with E-state index in [0.717, 1.165) is 9.24 Å². The number of H-pyrrole nitrogens is 1. The maximum absolute atomic E-state index is 5.57. The fourth-order valence-electron chi connectivity index (χ4n) is 0.668. The molecule has 0 saturated heterocycles. The standard InChI is InChI=1S/C5H5N5S2/c6-4-3(1-7-9-4)12-5-10-8-2-11-5/h1-2H,(H3,6,7,9). The molecule has 0 fully saturated rings. The van der Waals surface area contributed by atoms with Gasteiger partial charge in [-0.1, -0.05) is 23.1 Å². The van der Waals surface area contributed by atoms with E-state index in [1.54, 1.807) is 11.7 Å². The van der Waals surface area contributed by atoms with Gasteiger partial charge in [-0.25, -0.2) is 0 Å². The number of nitrogens with one attached hydrogen (secondary N) is 1. The summed E-state index contributed by atoms with van der Waals surface area (Å²) >= 11 is 2.93. The second-order valence-electron chi connectivity index (χ2n) is 1.95. The van der Waals surface area contributed by atoms with Crippen LogP contribution in [0.15, 0.2) is 20.9 Å². The van der Waals surface area contributed by atoms with Crippen molar-refractivity contribution in [2.24, 2.45) is 0 Å². The Balaban J connectivity index is 2.20. The maximum Gasteiger partial charge on any atom is 0.179 e. The fraction of sp³-hybridized carbons (Fsp3) is 0. The molecule has 0 saturated carbocycles. The predicted molar refractivity (Wildman–Crippen MR) is 47.0 cm³/mol. The summed E-state index contributed by atoms with van der Waals surface area (Å²) in [6.45, 7) is 0. The molecule has 62 valence electrons. The Morgan fingerprint density at radius 1 is 1.58 bits per heavy atom. The van der Waals surface area contributed by atoms with Crippen LogP contribution in [0.25, 0.3) is 0 Å². The summed E-state index contributed by atoms with van der Waals surface area (Å²) in [4.78, 5) is 0.881. The molecule has 0 atom stereocenters. The van der Waals surface area contributed by atoms with Crippen molar-refractivity contribution in [3.05, 3.63) is 11.7 Å². The van der Waals surface area contributed by atoms with Crippen LogP contribution in [0.2, 0.25) is 0 Å². The van der Waals surface area contributed by atoms with Gasteiger partial charge in [-0.15, -0.1) is 10.2 Å². The molecule has 2 aromatic heterocycles. The molecule has 0 aliphatic heterocycles. The normalized spacial score (nSPS) is 10.3. The predicted octanol–water partition coefficient (Wildman–Crippen LogP) is 0.995. The van der Waals surface area contributed by atoms with Crippen LogP contribution in [0.1, 0.15) is 0 Å². The van der Waals surface area contributed by atoms with Gasteiger partial charge < -0.3 is 5.73 Å². The molecule has 12 heavy (non-hydrogen) atoms. The molecular formula is C5H5N5S2. The Bertz CT molecular complexity index is 354. The highest BCUT2D eigenvalue weighted by Gasteiger charge is 2.05. The maximum atomic E-state index is 5.57. The molecule has 2 aromatic rings. The van der Waals surface area contributed by atoms with Gasteiger partial charge in [-0.05, 0) is 0 Å². The minimum absolute atomic E-state index is 0.565. The van der Waals surface area contributed by atoms with Gasteiger partial charge in [0.1, 0.15) is 11.3 Å². The number of hydrogen-bond acceptors (Lipinski definition) is 6. The second kappa shape index (κ2) is 3.11. The number of nitrogens with zero attached hydrogens (tertiary/aromatic N) is 3. The lowest BCUT2D eigenvalue weighted by molar-refractivity contribution is 1.01. The molecule has 3 N–H and O–H groups in total. The number of aromatic amines is 1. The Morgan fingerprint density at radius 2 is 2.50 bits per heavy atom. The highest BCUT2D eigenvalue weighted by molar-refractivity contribution is 8.01. The quantitative estimate of drug-likeness (QED) is 0.754. The summed E-state index contributed by atoms with van der Waals surface area (Å²) in [5, 5.41) is 14.0. The zero-order chi connectivity index (χ0) is 8.39. The number of nitrogen functional groups attached to an aromatic ring is 1. The van der Waals surface area contributed by atoms with Crippen molar-refractivity contribution in [3.63, 3.8) is 0 Å². The Hall–Kier alpha value is -1.08. The van der Waals surface area contributed by atoms with Gasteiger partial charge >= 0.3 is 0 Å². The van der Waals surface area contributed by atoms with E-state index in [1.807, 2.05) is 0 Å². The molecule has 0 aliphatic carbocycles. The summed E-state index contributed by atoms with van der Waals surface area (Å²) < 4.78 is 0.864. The van der Waals surface area contributed by atoms with Crippen LogP contribution in [0.5, 0.6) is 0 Å². The van der Waals surface area contributed by atoms with Crippen LogP contribution in [0.4, 0.5) is 5.82 Å². The van der Waals surface area contributed by atoms with Crippen molar-refractivity contribution >= 4 is 28.9 Å². The van der Waals surface area contributed by atoms with Gasteiger partial charge in [0.2, 0.25) is 0 Å². The number of nitrogens with two attached hydrogens (primary N) is 1. The molecule has 0 spiro atoms. The van der Waals surface area contributed by atoms with E-state index in [1.165, 1.54) is 23.1 Å². The average Bonchev–Trinajstić information content (AvgIpc) is 2.65. The molecule has 0 amide bonds. The number of anilines is 1. The third kappa shape index (κ3) is 1.41. The summed E-state index contributed by atoms with van der Waals surface area (Å²) in [5.41, 5.74) is 7.25. The van der Waals surface area contributed by atoms with Gasteiger partial charge in [0, 0.05) is 0 Å². The zero-order valence-electron chi connectivity index (χ0n) is 5.89. The third-order valence-corrected chi connectivity index (χ3v) is 2.99. The average molecular weight is 199 g/mol. The smallest absolute Gasteiger partial charge is 0.179 e. The Labute approximate surface area is 76.4 Å². The van der Waals surface area contributed by atoms with Crippen LogP contribution in [0.3, 0.4) is 0 Å². The van der Waals surface area contributed by atoms with Crippen molar-refractivity contribution in [3.8, 4) is 0 Å². The second-order valence-corrected chi connectivity index (χ2v) is 4.08. The Kier molecular flexibility index (Phi) is 1.96. The summed E-state index contributed by atoms with van der Waals surface area (Å²) in [6.07, 6.45) is 1.67. The van der Waals surface area contributed by atoms with Crippen molar-refractivity contribution < 1.29 is 0 Å². The van der Waals surface area contributed by atoms with E-state index >= 15 is 0 Å². The molecule has 0 aliphatic rings. The molecule has 0 bridgehead atoms. The minimum atomic E-state index is 0.565. The first-order valence-corrected chi connectivity index (χ1v) is 4.79. The van der Waals surface area contributed by atoms with Crippen LogP contribution >= 0.6 is 23.1 Å². The van der Waals surface area contributed by atoms with Crippen LogP contribution < -0.4 is 5.73 Å². The molecule has 7 heteroatoms. The van der Waals surface area contributed by atoms with E-state index < -0.39 is 0 Å². The molecule has 5 nitrogen and oxygen atoms in total. The highest BCUT2D eigenvalue weighted by Crippen LogP contribution is 2.30. The topological polar surface area (TPSA) is 80.5 Å². The molecular weight excluding hydrogens is 194 g/mol. The van der Waals surface area contributed by atoms with E-state index in [4.69, 9.17) is 5.73 Å². The lowest BCUT2D eigenvalue weighted by Gasteiger charge is -1.91. The number of rotatable bonds is 2. The van der Waals surface area contributed by atoms with Gasteiger partial charge in [0.05, 0.1) is 11.1 Å². The molecule has 0 aromatic carbocycles. The molecule has 0 unspecified atom stereocenters. The summed E-state index contributed by atoms with van der Waals surface area (Å²) in [6, 6.07) is 0. The largest absolute Gasteiger partial charge is 0.383 e. The van der Waals surface area contributed by atoms with Crippen LogP contribution in [0, 0.1) is 0 Å². The van der Waals surface area contributed by atoms with Crippen molar-refractivity contribution in [1.29, 1.82) is 0 Å². The summed E-state index contributed by atoms with van der Waals surface area (Å²) in [7, 11) is 0. The third-order valence-electron chi connectivity index (χ3n) is 1.17. The summed E-state index contributed by atoms with van der Waals surface area (Å²) in [5.74, 6) is 0.565. The molecule has 2 rings (SSSR count). The van der Waals surface area contributed by atoms with Gasteiger partial charge in [0.25, 0.3) is 0 Å². The Morgan fingerprint density at radius 3 is 3.08 bits per heavy atom. The van der Waals surface area contributed by atoms with Gasteiger partial charge in [-0.3, -0.25) is 5.10 Å². The van der Waals surface area contributed by atoms with Crippen LogP contribution in [-0.2, 0) is 0 Å². The van der Waals surface area contributed by atoms with E-state index in [9.17, 15) is 0 Å². The minimum Gasteiger partial charge on any atom is -0.383 e. The van der Waals surface area contributed by atoms with Crippen LogP contribution in [-0.4, -0.2) is 20.4 Å². The highest BCUT2D eigenvalue weighted by atomic mass is 32.2. The van der Waals surface area contributed by atoms with Gasteiger partial charge in [-0.2, -0.15) is 5.10 Å². The van der Waals surface area contributed by atoms with Crippen molar-refractivity contribution in [2.45, 2.75) is 9.24 Å². The first-order chi connectivity index (χ1) is 5.86. The molecule has 2 heterocycles. The lowest BCUT2D eigenvalue weighted by Crippen LogP contribution is -1.85. The first-order valence-electron chi connectivity index (χ1n) is 3.09. The fourth-order valence-corrected chi connectivity index (χ4v) is 2.07. The SMILES string of the molecule is Nc1[nH]ncc1Sc1nncs1. The van der Waals surface area contributed by atoms with Crippen molar-refractivity contribution in [1.82, 2.24) is 20.4 Å². The number of hydrogen-bond donors (Lipinski definition) is 2. The van der Waals surface area contributed by atoms with Gasteiger partial charge in [0.15, 0.2) is 4.34 Å². The number of aromatic nitrogens is 4. The monoisotopic (exact) mass is 199 g/mol. The molecule has 0 radical (unpaired) electrons. The van der Waals surface area contributed by atoms with E-state index in [-0.39, 0.29) is 0 Å². The van der Waals surface area contributed by atoms with Crippen molar-refractivity contribution in [2.75, 3.05) is 5.73 Å².